The van der Waals surface area contributed by atoms with Crippen molar-refractivity contribution in [1.82, 2.24) is 0 Å². The molecule has 0 aliphatic heterocycles. The molecular weight excluding hydrogens is 274 g/mol. The summed E-state index contributed by atoms with van der Waals surface area (Å²) in [7, 11) is 1.98. The van der Waals surface area contributed by atoms with Crippen LogP contribution in [0.15, 0.2) is 42.5 Å². The van der Waals surface area contributed by atoms with Gasteiger partial charge in [0.1, 0.15) is 0 Å². The van der Waals surface area contributed by atoms with Gasteiger partial charge in [-0.15, -0.1) is 0 Å². The van der Waals surface area contributed by atoms with Gasteiger partial charge in [-0.1, -0.05) is 35.4 Å². The number of hydrogen-bond donors (Lipinski definition) is 1. The Morgan fingerprint density at radius 3 is 2.40 bits per heavy atom. The van der Waals surface area contributed by atoms with Gasteiger partial charge in [0.15, 0.2) is 0 Å². The topological polar surface area (TPSA) is 40.5 Å². The zero-order chi connectivity index (χ0) is 14.7. The number of aryl methyl sites for hydroxylation is 1. The summed E-state index contributed by atoms with van der Waals surface area (Å²) in [5.41, 5.74) is 3.41. The van der Waals surface area contributed by atoms with Crippen LogP contribution in [0.4, 0.5) is 5.69 Å². The predicted octanol–water partition coefficient (Wildman–Crippen LogP) is 3.98. The summed E-state index contributed by atoms with van der Waals surface area (Å²) >= 11 is 6.14. The van der Waals surface area contributed by atoms with E-state index in [2.05, 4.69) is 29.2 Å². The SMILES string of the molecule is Cc1ccc(N(C)Cc2ccc(C(=O)O)cc2Cl)cc1. The van der Waals surface area contributed by atoms with Gasteiger partial charge in [-0.25, -0.2) is 4.79 Å². The number of halogens is 1. The number of benzene rings is 2. The van der Waals surface area contributed by atoms with Gasteiger partial charge in [-0.3, -0.25) is 0 Å². The maximum Gasteiger partial charge on any atom is 0.335 e. The smallest absolute Gasteiger partial charge is 0.335 e. The number of aromatic carboxylic acids is 1. The lowest BCUT2D eigenvalue weighted by Gasteiger charge is -2.20. The van der Waals surface area contributed by atoms with E-state index in [-0.39, 0.29) is 5.56 Å². The average molecular weight is 290 g/mol. The minimum absolute atomic E-state index is 0.205. The van der Waals surface area contributed by atoms with Gasteiger partial charge in [0, 0.05) is 24.3 Å². The Morgan fingerprint density at radius 2 is 1.85 bits per heavy atom. The molecule has 2 aromatic rings. The lowest BCUT2D eigenvalue weighted by atomic mass is 10.1. The van der Waals surface area contributed by atoms with Crippen molar-refractivity contribution >= 4 is 23.3 Å². The first-order valence-corrected chi connectivity index (χ1v) is 6.64. The van der Waals surface area contributed by atoms with Gasteiger partial charge in [0.25, 0.3) is 0 Å². The summed E-state index contributed by atoms with van der Waals surface area (Å²) in [4.78, 5) is 12.9. The highest BCUT2D eigenvalue weighted by atomic mass is 35.5. The van der Waals surface area contributed by atoms with Gasteiger partial charge in [0.2, 0.25) is 0 Å². The first-order chi connectivity index (χ1) is 9.47. The molecule has 0 radical (unpaired) electrons. The zero-order valence-electron chi connectivity index (χ0n) is 11.4. The van der Waals surface area contributed by atoms with Crippen molar-refractivity contribution in [3.8, 4) is 0 Å². The second-order valence-electron chi connectivity index (χ2n) is 4.80. The minimum Gasteiger partial charge on any atom is -0.478 e. The van der Waals surface area contributed by atoms with Crippen molar-refractivity contribution in [3.63, 3.8) is 0 Å². The fourth-order valence-corrected chi connectivity index (χ4v) is 2.19. The van der Waals surface area contributed by atoms with Crippen LogP contribution in [0.5, 0.6) is 0 Å². The van der Waals surface area contributed by atoms with Crippen LogP contribution in [0.3, 0.4) is 0 Å². The number of carboxylic acid groups (broad SMARTS) is 1. The van der Waals surface area contributed by atoms with Crippen LogP contribution in [0.25, 0.3) is 0 Å². The molecule has 0 aliphatic carbocycles. The van der Waals surface area contributed by atoms with Gasteiger partial charge < -0.3 is 10.0 Å². The van der Waals surface area contributed by atoms with E-state index in [9.17, 15) is 4.79 Å². The number of carboxylic acids is 1. The summed E-state index contributed by atoms with van der Waals surface area (Å²) < 4.78 is 0. The third-order valence-corrected chi connectivity index (χ3v) is 3.53. The molecule has 3 nitrogen and oxygen atoms in total. The van der Waals surface area contributed by atoms with Crippen molar-refractivity contribution < 1.29 is 9.90 Å². The van der Waals surface area contributed by atoms with Crippen LogP contribution in [0.2, 0.25) is 5.02 Å². The third kappa shape index (κ3) is 3.31. The van der Waals surface area contributed by atoms with Gasteiger partial charge >= 0.3 is 5.97 Å². The first-order valence-electron chi connectivity index (χ1n) is 6.27. The monoisotopic (exact) mass is 289 g/mol. The minimum atomic E-state index is -0.967. The number of nitrogens with zero attached hydrogens (tertiary/aromatic N) is 1. The third-order valence-electron chi connectivity index (χ3n) is 3.18. The molecule has 0 aromatic heterocycles. The van der Waals surface area contributed by atoms with Crippen molar-refractivity contribution in [2.75, 3.05) is 11.9 Å². The van der Waals surface area contributed by atoms with Gasteiger partial charge in [0.05, 0.1) is 5.56 Å². The fraction of sp³-hybridized carbons (Fsp3) is 0.188. The van der Waals surface area contributed by atoms with Crippen molar-refractivity contribution in [2.24, 2.45) is 0 Å². The van der Waals surface area contributed by atoms with E-state index in [1.54, 1.807) is 12.1 Å². The lowest BCUT2D eigenvalue weighted by molar-refractivity contribution is 0.0697. The largest absolute Gasteiger partial charge is 0.478 e. The summed E-state index contributed by atoms with van der Waals surface area (Å²) in [6, 6.07) is 13.0. The molecule has 4 heteroatoms. The average Bonchev–Trinajstić information content (AvgIpc) is 2.41. The van der Waals surface area contributed by atoms with E-state index in [4.69, 9.17) is 16.7 Å². The molecule has 0 unspecified atom stereocenters. The molecule has 2 aromatic carbocycles. The van der Waals surface area contributed by atoms with E-state index in [0.717, 1.165) is 11.3 Å². The van der Waals surface area contributed by atoms with Gasteiger partial charge in [-0.2, -0.15) is 0 Å². The Hall–Kier alpha value is -2.00. The van der Waals surface area contributed by atoms with Crippen LogP contribution in [0.1, 0.15) is 21.5 Å². The summed E-state index contributed by atoms with van der Waals surface area (Å²) in [6.07, 6.45) is 0. The molecule has 2 rings (SSSR count). The number of anilines is 1. The zero-order valence-corrected chi connectivity index (χ0v) is 12.2. The van der Waals surface area contributed by atoms with E-state index in [0.29, 0.717) is 11.6 Å². The second kappa shape index (κ2) is 5.97. The highest BCUT2D eigenvalue weighted by molar-refractivity contribution is 6.31. The number of rotatable bonds is 4. The van der Waals surface area contributed by atoms with Crippen molar-refractivity contribution in [2.45, 2.75) is 13.5 Å². The molecule has 20 heavy (non-hydrogen) atoms. The molecular formula is C16H16ClNO2. The molecule has 0 fully saturated rings. The molecule has 0 saturated carbocycles. The normalized spacial score (nSPS) is 10.3. The number of hydrogen-bond acceptors (Lipinski definition) is 2. The van der Waals surface area contributed by atoms with E-state index >= 15 is 0 Å². The summed E-state index contributed by atoms with van der Waals surface area (Å²) in [6.45, 7) is 2.67. The van der Waals surface area contributed by atoms with Crippen LogP contribution in [-0.4, -0.2) is 18.1 Å². The van der Waals surface area contributed by atoms with E-state index in [1.165, 1.54) is 11.6 Å². The quantitative estimate of drug-likeness (QED) is 0.925. The second-order valence-corrected chi connectivity index (χ2v) is 5.21. The Labute approximate surface area is 123 Å². The molecule has 0 saturated heterocycles. The molecule has 0 amide bonds. The standard InChI is InChI=1S/C16H16ClNO2/c1-11-3-7-14(8-4-11)18(2)10-13-6-5-12(16(19)20)9-15(13)17/h3-9H,10H2,1-2H3,(H,19,20). The van der Waals surface area contributed by atoms with Gasteiger partial charge in [-0.05, 0) is 36.8 Å². The van der Waals surface area contributed by atoms with E-state index in [1.807, 2.05) is 14.0 Å². The molecule has 0 aliphatic rings. The number of carbonyl (C=O) groups is 1. The van der Waals surface area contributed by atoms with Crippen molar-refractivity contribution in [3.05, 3.63) is 64.2 Å². The van der Waals surface area contributed by atoms with Crippen molar-refractivity contribution in [1.29, 1.82) is 0 Å². The molecule has 0 bridgehead atoms. The lowest BCUT2D eigenvalue weighted by Crippen LogP contribution is -2.16. The maximum atomic E-state index is 10.9. The summed E-state index contributed by atoms with van der Waals surface area (Å²) in [5, 5.41) is 9.39. The molecule has 1 N–H and O–H groups in total. The maximum absolute atomic E-state index is 10.9. The van der Waals surface area contributed by atoms with Crippen LogP contribution < -0.4 is 4.90 Å². The molecule has 0 heterocycles. The Balaban J connectivity index is 2.17. The molecule has 0 atom stereocenters. The Bertz CT molecular complexity index is 623. The van der Waals surface area contributed by atoms with E-state index < -0.39 is 5.97 Å². The highest BCUT2D eigenvalue weighted by Gasteiger charge is 2.09. The molecule has 0 spiro atoms. The Morgan fingerprint density at radius 1 is 1.20 bits per heavy atom. The van der Waals surface area contributed by atoms with Crippen LogP contribution >= 0.6 is 11.6 Å². The van der Waals surface area contributed by atoms with Crippen LogP contribution in [-0.2, 0) is 6.54 Å². The van der Waals surface area contributed by atoms with Crippen LogP contribution in [0, 0.1) is 6.92 Å². The first kappa shape index (κ1) is 14.4. The highest BCUT2D eigenvalue weighted by Crippen LogP contribution is 2.22. The summed E-state index contributed by atoms with van der Waals surface area (Å²) in [5.74, 6) is -0.967. The Kier molecular flexibility index (Phi) is 4.30. The fourth-order valence-electron chi connectivity index (χ4n) is 1.95. The molecule has 104 valence electrons. The predicted molar refractivity (Wildman–Crippen MR) is 81.7 cm³/mol.